The van der Waals surface area contributed by atoms with Crippen LogP contribution < -0.4 is 15.4 Å². The maximum Gasteiger partial charge on any atom is 0.303 e. The van der Waals surface area contributed by atoms with Gasteiger partial charge < -0.3 is 25.6 Å². The van der Waals surface area contributed by atoms with Crippen molar-refractivity contribution in [3.63, 3.8) is 0 Å². The number of ether oxygens (including phenoxy) is 1. The van der Waals surface area contributed by atoms with E-state index in [1.807, 2.05) is 0 Å². The molecule has 0 atom stereocenters. The lowest BCUT2D eigenvalue weighted by atomic mass is 10.2. The predicted octanol–water partition coefficient (Wildman–Crippen LogP) is 5.81. The third-order valence-corrected chi connectivity index (χ3v) is 5.41. The van der Waals surface area contributed by atoms with Crippen molar-refractivity contribution < 1.29 is 33.7 Å². The second-order valence-electron chi connectivity index (χ2n) is 8.12. The van der Waals surface area contributed by atoms with Gasteiger partial charge in [-0.15, -0.1) is 0 Å². The molecule has 1 heterocycles. The van der Waals surface area contributed by atoms with Gasteiger partial charge in [0.2, 0.25) is 5.91 Å². The molecule has 0 fully saturated rings. The SMILES string of the molecule is C=CC(=O)Nc1ccc2ncnc(Nc3ccc(OCc4cccc(F)c4)c(Cl)c3)c2c1.O=C(O)CCC(=O)O. The highest BCUT2D eigenvalue weighted by Crippen LogP contribution is 2.31. The molecule has 4 N–H and O–H groups in total. The zero-order chi connectivity index (χ0) is 29.1. The number of rotatable bonds is 10. The molecule has 40 heavy (non-hydrogen) atoms. The number of hydrogen-bond donors (Lipinski definition) is 4. The van der Waals surface area contributed by atoms with E-state index in [1.54, 1.807) is 48.5 Å². The van der Waals surface area contributed by atoms with Gasteiger partial charge in [0.05, 0.1) is 23.4 Å². The number of halogens is 2. The molecule has 0 unspecified atom stereocenters. The molecule has 3 aromatic carbocycles. The fourth-order valence-electron chi connectivity index (χ4n) is 3.26. The smallest absolute Gasteiger partial charge is 0.303 e. The number of amides is 1. The first-order valence-electron chi connectivity index (χ1n) is 11.7. The fraction of sp³-hybridized carbons (Fsp3) is 0.107. The van der Waals surface area contributed by atoms with Crippen molar-refractivity contribution in [1.29, 1.82) is 0 Å². The normalized spacial score (nSPS) is 10.2. The van der Waals surface area contributed by atoms with Gasteiger partial charge in [-0.2, -0.15) is 0 Å². The van der Waals surface area contributed by atoms with E-state index in [0.29, 0.717) is 39.0 Å². The Hall–Kier alpha value is -5.03. The largest absolute Gasteiger partial charge is 0.487 e. The van der Waals surface area contributed by atoms with Crippen LogP contribution in [0.5, 0.6) is 5.75 Å². The molecule has 0 aliphatic heterocycles. The molecule has 0 radical (unpaired) electrons. The van der Waals surface area contributed by atoms with Crippen molar-refractivity contribution in [2.24, 2.45) is 0 Å². The number of aromatic nitrogens is 2. The average Bonchev–Trinajstić information content (AvgIpc) is 2.92. The van der Waals surface area contributed by atoms with E-state index in [0.717, 1.165) is 5.39 Å². The number of carbonyl (C=O) groups excluding carboxylic acids is 1. The third kappa shape index (κ3) is 9.07. The number of benzene rings is 3. The molecule has 4 aromatic rings. The highest BCUT2D eigenvalue weighted by atomic mass is 35.5. The molecule has 0 aliphatic carbocycles. The van der Waals surface area contributed by atoms with E-state index in [1.165, 1.54) is 24.5 Å². The van der Waals surface area contributed by atoms with Crippen LogP contribution in [-0.2, 0) is 21.0 Å². The predicted molar refractivity (Wildman–Crippen MR) is 148 cm³/mol. The molecule has 0 aliphatic rings. The molecule has 10 nitrogen and oxygen atoms in total. The molecule has 0 spiro atoms. The summed E-state index contributed by atoms with van der Waals surface area (Å²) in [6.07, 6.45) is 2.06. The number of nitrogens with one attached hydrogen (secondary N) is 2. The van der Waals surface area contributed by atoms with Crippen molar-refractivity contribution >= 4 is 57.5 Å². The summed E-state index contributed by atoms with van der Waals surface area (Å²) < 4.78 is 19.0. The monoisotopic (exact) mass is 566 g/mol. The Morgan fingerprint density at radius 3 is 2.35 bits per heavy atom. The second kappa shape index (κ2) is 14.2. The topological polar surface area (TPSA) is 151 Å². The van der Waals surface area contributed by atoms with E-state index >= 15 is 0 Å². The number of fused-ring (bicyclic) bond motifs is 1. The summed E-state index contributed by atoms with van der Waals surface area (Å²) in [5.41, 5.74) is 2.70. The number of anilines is 3. The molecule has 1 amide bonds. The average molecular weight is 567 g/mol. The number of aliphatic carboxylic acids is 2. The Kier molecular flexibility index (Phi) is 10.5. The van der Waals surface area contributed by atoms with Crippen LogP contribution in [0.1, 0.15) is 18.4 Å². The van der Waals surface area contributed by atoms with Gasteiger partial charge in [0.15, 0.2) is 0 Å². The minimum absolute atomic E-state index is 0.194. The highest BCUT2D eigenvalue weighted by molar-refractivity contribution is 6.32. The van der Waals surface area contributed by atoms with Crippen molar-refractivity contribution in [3.8, 4) is 5.75 Å². The van der Waals surface area contributed by atoms with Gasteiger partial charge in [-0.05, 0) is 60.2 Å². The molecular weight excluding hydrogens is 543 g/mol. The van der Waals surface area contributed by atoms with Gasteiger partial charge in [-0.3, -0.25) is 14.4 Å². The number of nitrogens with zero attached hydrogens (tertiary/aromatic N) is 2. The lowest BCUT2D eigenvalue weighted by Gasteiger charge is -2.12. The Morgan fingerprint density at radius 1 is 0.975 bits per heavy atom. The van der Waals surface area contributed by atoms with Crippen molar-refractivity contribution in [2.75, 3.05) is 10.6 Å². The third-order valence-electron chi connectivity index (χ3n) is 5.12. The number of hydrogen-bond acceptors (Lipinski definition) is 7. The van der Waals surface area contributed by atoms with Crippen molar-refractivity contribution in [3.05, 3.63) is 96.0 Å². The van der Waals surface area contributed by atoms with Gasteiger partial charge >= 0.3 is 11.9 Å². The fourth-order valence-corrected chi connectivity index (χ4v) is 3.50. The molecule has 0 saturated heterocycles. The first-order chi connectivity index (χ1) is 19.1. The minimum atomic E-state index is -1.08. The quantitative estimate of drug-likeness (QED) is 0.174. The maximum atomic E-state index is 13.3. The van der Waals surface area contributed by atoms with Gasteiger partial charge in [-0.1, -0.05) is 30.3 Å². The molecule has 4 rings (SSSR count). The summed E-state index contributed by atoms with van der Waals surface area (Å²) >= 11 is 6.38. The molecule has 206 valence electrons. The highest BCUT2D eigenvalue weighted by Gasteiger charge is 2.09. The van der Waals surface area contributed by atoms with E-state index < -0.39 is 11.9 Å². The Morgan fingerprint density at radius 2 is 1.70 bits per heavy atom. The zero-order valence-corrected chi connectivity index (χ0v) is 21.7. The van der Waals surface area contributed by atoms with Gasteiger partial charge in [-0.25, -0.2) is 14.4 Å². The Labute approximate surface area is 233 Å². The van der Waals surface area contributed by atoms with Crippen LogP contribution in [0, 0.1) is 5.82 Å². The Balaban J connectivity index is 0.000000482. The van der Waals surface area contributed by atoms with Crippen molar-refractivity contribution in [1.82, 2.24) is 9.97 Å². The van der Waals surface area contributed by atoms with Crippen LogP contribution in [-0.4, -0.2) is 38.0 Å². The van der Waals surface area contributed by atoms with Crippen LogP contribution in [0.3, 0.4) is 0 Å². The molecule has 1 aromatic heterocycles. The van der Waals surface area contributed by atoms with Gasteiger partial charge in [0, 0.05) is 16.8 Å². The van der Waals surface area contributed by atoms with E-state index in [4.69, 9.17) is 26.6 Å². The number of carbonyl (C=O) groups is 3. The molecule has 0 bridgehead atoms. The van der Waals surface area contributed by atoms with Crippen LogP contribution in [0.15, 0.2) is 79.6 Å². The number of carboxylic acid groups (broad SMARTS) is 2. The maximum absolute atomic E-state index is 13.3. The first kappa shape index (κ1) is 29.5. The minimum Gasteiger partial charge on any atom is -0.487 e. The zero-order valence-electron chi connectivity index (χ0n) is 20.9. The van der Waals surface area contributed by atoms with E-state index in [-0.39, 0.29) is 31.2 Å². The van der Waals surface area contributed by atoms with E-state index in [2.05, 4.69) is 27.2 Å². The first-order valence-corrected chi connectivity index (χ1v) is 12.1. The summed E-state index contributed by atoms with van der Waals surface area (Å²) in [5, 5.41) is 22.8. The van der Waals surface area contributed by atoms with Crippen LogP contribution >= 0.6 is 11.6 Å². The summed E-state index contributed by atoms with van der Waals surface area (Å²) in [5.74, 6) is -1.75. The van der Waals surface area contributed by atoms with E-state index in [9.17, 15) is 18.8 Å². The summed E-state index contributed by atoms with van der Waals surface area (Å²) in [6, 6.07) is 16.7. The molecule has 12 heteroatoms. The number of carboxylic acids is 2. The Bertz CT molecular complexity index is 1530. The lowest BCUT2D eigenvalue weighted by molar-refractivity contribution is -0.143. The van der Waals surface area contributed by atoms with Gasteiger partial charge in [0.25, 0.3) is 0 Å². The van der Waals surface area contributed by atoms with Crippen LogP contribution in [0.4, 0.5) is 21.6 Å². The van der Waals surface area contributed by atoms with Crippen LogP contribution in [0.25, 0.3) is 10.9 Å². The standard InChI is InChI=1S/C24H18ClFN4O2.C4H6O4/c1-2-23(31)29-17-6-8-21-19(11-17)24(28-14-27-21)30-18-7-9-22(20(25)12-18)32-13-15-4-3-5-16(26)10-15;5-3(6)1-2-4(7)8/h2-12,14H,1,13H2,(H,29,31)(H,27,28,30);1-2H2,(H,5,6)(H,7,8). The lowest BCUT2D eigenvalue weighted by Crippen LogP contribution is -2.07. The van der Waals surface area contributed by atoms with Crippen molar-refractivity contribution in [2.45, 2.75) is 19.4 Å². The summed E-state index contributed by atoms with van der Waals surface area (Å²) in [7, 11) is 0. The molecule has 0 saturated carbocycles. The van der Waals surface area contributed by atoms with Gasteiger partial charge in [0.1, 0.15) is 30.3 Å². The molecular formula is C28H24ClFN4O6. The van der Waals surface area contributed by atoms with Crippen LogP contribution in [0.2, 0.25) is 5.02 Å². The summed E-state index contributed by atoms with van der Waals surface area (Å²) in [6.45, 7) is 3.65. The second-order valence-corrected chi connectivity index (χ2v) is 8.53. The summed E-state index contributed by atoms with van der Waals surface area (Å²) in [4.78, 5) is 39.5.